The number of rotatable bonds is 3. The second-order valence-corrected chi connectivity index (χ2v) is 6.21. The lowest BCUT2D eigenvalue weighted by Crippen LogP contribution is -2.22. The molecule has 0 bridgehead atoms. The zero-order valence-electron chi connectivity index (χ0n) is 12.9. The molecule has 0 heteroatoms. The Bertz CT molecular complexity index is 518. The fourth-order valence-corrected chi connectivity index (χ4v) is 4.19. The van der Waals surface area contributed by atoms with Crippen LogP contribution in [-0.4, -0.2) is 0 Å². The Hall–Kier alpha value is -1.30. The minimum absolute atomic E-state index is 0.605. The molecule has 0 radical (unpaired) electrons. The van der Waals surface area contributed by atoms with E-state index in [-0.39, 0.29) is 0 Å². The number of hydrogen-bond donors (Lipinski definition) is 0. The zero-order chi connectivity index (χ0) is 13.9. The molecule has 3 rings (SSSR count). The molecule has 1 aromatic rings. The van der Waals surface area contributed by atoms with Crippen LogP contribution in [0.3, 0.4) is 0 Å². The monoisotopic (exact) mass is 266 g/mol. The van der Waals surface area contributed by atoms with Gasteiger partial charge in [-0.1, -0.05) is 55.8 Å². The Morgan fingerprint density at radius 1 is 1.00 bits per heavy atom. The third-order valence-corrected chi connectivity index (χ3v) is 5.17. The van der Waals surface area contributed by atoms with Gasteiger partial charge in [-0.25, -0.2) is 0 Å². The predicted molar refractivity (Wildman–Crippen MR) is 86.8 cm³/mol. The van der Waals surface area contributed by atoms with E-state index >= 15 is 0 Å². The maximum Gasteiger partial charge on any atom is 0.00894 e. The first-order valence-electron chi connectivity index (χ1n) is 8.33. The van der Waals surface area contributed by atoms with Crippen molar-refractivity contribution in [2.45, 2.75) is 58.3 Å². The first-order chi connectivity index (χ1) is 9.85. The van der Waals surface area contributed by atoms with Gasteiger partial charge in [0.1, 0.15) is 0 Å². The van der Waals surface area contributed by atoms with E-state index in [1.807, 2.05) is 0 Å². The molecule has 20 heavy (non-hydrogen) atoms. The van der Waals surface area contributed by atoms with Crippen molar-refractivity contribution < 1.29 is 0 Å². The average Bonchev–Trinajstić information content (AvgIpc) is 2.54. The molecule has 0 fully saturated rings. The lowest BCUT2D eigenvalue weighted by molar-refractivity contribution is 0.470. The van der Waals surface area contributed by atoms with Gasteiger partial charge in [-0.2, -0.15) is 0 Å². The minimum atomic E-state index is 0.605. The van der Waals surface area contributed by atoms with E-state index in [1.54, 1.807) is 16.7 Å². The fraction of sp³-hybridized carbons (Fsp3) is 0.500. The van der Waals surface area contributed by atoms with Crippen molar-refractivity contribution in [2.24, 2.45) is 5.92 Å². The molecular formula is C20H26. The second-order valence-electron chi connectivity index (χ2n) is 6.21. The van der Waals surface area contributed by atoms with Crippen LogP contribution in [0.5, 0.6) is 0 Å². The molecule has 106 valence electrons. The maximum absolute atomic E-state index is 2.59. The van der Waals surface area contributed by atoms with Crippen LogP contribution in [0.25, 0.3) is 0 Å². The highest BCUT2D eigenvalue weighted by molar-refractivity contribution is 5.46. The van der Waals surface area contributed by atoms with E-state index in [2.05, 4.69) is 50.3 Å². The summed E-state index contributed by atoms with van der Waals surface area (Å²) in [5.41, 5.74) is 6.67. The van der Waals surface area contributed by atoms with Gasteiger partial charge < -0.3 is 0 Å². The summed E-state index contributed by atoms with van der Waals surface area (Å²) in [7, 11) is 0. The van der Waals surface area contributed by atoms with Crippen LogP contribution in [0, 0.1) is 5.92 Å². The van der Waals surface area contributed by atoms with Crippen molar-refractivity contribution in [1.82, 2.24) is 0 Å². The molecule has 1 aromatic carbocycles. The van der Waals surface area contributed by atoms with Crippen LogP contribution in [0.4, 0.5) is 0 Å². The van der Waals surface area contributed by atoms with Gasteiger partial charge in [-0.15, -0.1) is 0 Å². The Balaban J connectivity index is 2.04. The van der Waals surface area contributed by atoms with Crippen LogP contribution < -0.4 is 0 Å². The molecule has 2 aliphatic rings. The number of hydrogen-bond acceptors (Lipinski definition) is 0. The van der Waals surface area contributed by atoms with Gasteiger partial charge in [0.15, 0.2) is 0 Å². The molecule has 0 aliphatic heterocycles. The predicted octanol–water partition coefficient (Wildman–Crippen LogP) is 6.02. The smallest absolute Gasteiger partial charge is 0.00894 e. The molecule has 0 spiro atoms. The summed E-state index contributed by atoms with van der Waals surface area (Å²) < 4.78 is 0. The van der Waals surface area contributed by atoms with Gasteiger partial charge in [-0.3, -0.25) is 0 Å². The third-order valence-electron chi connectivity index (χ3n) is 5.17. The van der Waals surface area contributed by atoms with Crippen molar-refractivity contribution in [3.63, 3.8) is 0 Å². The zero-order valence-corrected chi connectivity index (χ0v) is 12.9. The Morgan fingerprint density at radius 3 is 2.45 bits per heavy atom. The van der Waals surface area contributed by atoms with E-state index in [9.17, 15) is 0 Å². The Morgan fingerprint density at radius 2 is 1.75 bits per heavy atom. The second kappa shape index (κ2) is 5.99. The molecule has 0 heterocycles. The summed E-state index contributed by atoms with van der Waals surface area (Å²) in [5, 5.41) is 0. The minimum Gasteiger partial charge on any atom is -0.0729 e. The van der Waals surface area contributed by atoms with E-state index in [1.165, 1.54) is 44.1 Å². The van der Waals surface area contributed by atoms with Gasteiger partial charge in [0.2, 0.25) is 0 Å². The van der Waals surface area contributed by atoms with Crippen molar-refractivity contribution in [1.29, 1.82) is 0 Å². The van der Waals surface area contributed by atoms with Crippen LogP contribution in [0.15, 0.2) is 53.1 Å². The topological polar surface area (TPSA) is 0 Å². The number of allylic oxidation sites excluding steroid dienone is 4. The average molecular weight is 266 g/mol. The van der Waals surface area contributed by atoms with Gasteiger partial charge in [0.25, 0.3) is 0 Å². The molecule has 0 N–H and O–H groups in total. The Kier molecular flexibility index (Phi) is 4.10. The van der Waals surface area contributed by atoms with Gasteiger partial charge >= 0.3 is 0 Å². The lowest BCUT2D eigenvalue weighted by Gasteiger charge is -2.37. The third kappa shape index (κ3) is 2.37. The Labute approximate surface area is 123 Å². The normalized spacial score (nSPS) is 26.2. The first-order valence-corrected chi connectivity index (χ1v) is 8.33. The highest BCUT2D eigenvalue weighted by Gasteiger charge is 2.31. The molecule has 0 nitrogen and oxygen atoms in total. The van der Waals surface area contributed by atoms with Gasteiger partial charge in [0.05, 0.1) is 0 Å². The fourth-order valence-electron chi connectivity index (χ4n) is 4.19. The molecule has 0 saturated carbocycles. The van der Waals surface area contributed by atoms with Crippen LogP contribution in [-0.2, 0) is 0 Å². The molecule has 0 aromatic heterocycles. The van der Waals surface area contributed by atoms with Crippen LogP contribution in [0.2, 0.25) is 0 Å². The molecule has 0 amide bonds. The summed E-state index contributed by atoms with van der Waals surface area (Å²) in [6.45, 7) is 4.68. The van der Waals surface area contributed by atoms with Crippen molar-refractivity contribution in [3.05, 3.63) is 58.7 Å². The van der Waals surface area contributed by atoms with Crippen molar-refractivity contribution in [3.8, 4) is 0 Å². The van der Waals surface area contributed by atoms with Crippen LogP contribution >= 0.6 is 0 Å². The van der Waals surface area contributed by atoms with E-state index in [0.29, 0.717) is 5.92 Å². The number of benzene rings is 1. The van der Waals surface area contributed by atoms with E-state index < -0.39 is 0 Å². The molecule has 2 atom stereocenters. The standard InChI is InChI=1S/C20H26/c1-3-15-14-20(16-10-6-5-7-11-16)17(4-2)19-13-9-8-12-18(15)19/h5-7,10-11,14,17,20H,3-4,8-9,12-13H2,1-2H3/t17-,20-/m1/s1. The first kappa shape index (κ1) is 13.7. The van der Waals surface area contributed by atoms with Gasteiger partial charge in [-0.05, 0) is 61.2 Å². The summed E-state index contributed by atoms with van der Waals surface area (Å²) >= 11 is 0. The summed E-state index contributed by atoms with van der Waals surface area (Å²) in [4.78, 5) is 0. The SMILES string of the molecule is CCC1=C[C@H](c2ccccc2)[C@H](CC)C2=C1CCCC2. The van der Waals surface area contributed by atoms with E-state index in [4.69, 9.17) is 0 Å². The van der Waals surface area contributed by atoms with Crippen molar-refractivity contribution in [2.75, 3.05) is 0 Å². The van der Waals surface area contributed by atoms with Crippen molar-refractivity contribution >= 4 is 0 Å². The maximum atomic E-state index is 2.59. The lowest BCUT2D eigenvalue weighted by atomic mass is 9.68. The summed E-state index contributed by atoms with van der Waals surface area (Å²) in [6, 6.07) is 11.1. The molecule has 2 aliphatic carbocycles. The quantitative estimate of drug-likeness (QED) is 0.627. The largest absolute Gasteiger partial charge is 0.0729 e. The van der Waals surface area contributed by atoms with Gasteiger partial charge in [0, 0.05) is 5.92 Å². The summed E-state index contributed by atoms with van der Waals surface area (Å²) in [5.74, 6) is 1.34. The highest BCUT2D eigenvalue weighted by atomic mass is 14.4. The highest BCUT2D eigenvalue weighted by Crippen LogP contribution is 2.47. The molecular weight excluding hydrogens is 240 g/mol. The van der Waals surface area contributed by atoms with Crippen LogP contribution in [0.1, 0.15) is 63.9 Å². The van der Waals surface area contributed by atoms with E-state index in [0.717, 1.165) is 5.92 Å². The molecule has 0 saturated heterocycles. The molecule has 0 unspecified atom stereocenters. The summed E-state index contributed by atoms with van der Waals surface area (Å²) in [6.07, 6.45) is 10.5.